The minimum absolute atomic E-state index is 0.0877. The van der Waals surface area contributed by atoms with Gasteiger partial charge in [-0.25, -0.2) is 0 Å². The number of aliphatic hydroxyl groups is 2. The molecule has 1 saturated heterocycles. The van der Waals surface area contributed by atoms with E-state index in [9.17, 15) is 10.2 Å². The monoisotopic (exact) mass is 334 g/mol. The number of β-amino-alcohol motifs (C(OH)–C–C–N with tert-alkyl or cyclic N) is 1. The van der Waals surface area contributed by atoms with Crippen LogP contribution in [0.3, 0.4) is 0 Å². The summed E-state index contributed by atoms with van der Waals surface area (Å²) in [6.45, 7) is 5.44. The highest BCUT2D eigenvalue weighted by Crippen LogP contribution is 2.45. The van der Waals surface area contributed by atoms with Crippen LogP contribution >= 0.6 is 0 Å². The van der Waals surface area contributed by atoms with Crippen molar-refractivity contribution in [3.05, 3.63) is 11.3 Å². The number of hydrogen-bond donors (Lipinski definition) is 3. The lowest BCUT2D eigenvalue weighted by atomic mass is 9.95. The highest BCUT2D eigenvalue weighted by molar-refractivity contribution is 5.52. The molecule has 3 heterocycles. The van der Waals surface area contributed by atoms with Crippen LogP contribution in [0.1, 0.15) is 43.9 Å². The van der Waals surface area contributed by atoms with Crippen molar-refractivity contribution in [1.29, 1.82) is 0 Å². The summed E-state index contributed by atoms with van der Waals surface area (Å²) in [7, 11) is 0. The summed E-state index contributed by atoms with van der Waals surface area (Å²) in [6.07, 6.45) is 3.76. The second-order valence-corrected chi connectivity index (χ2v) is 7.83. The largest absolute Gasteiger partial charge is 0.463 e. The lowest BCUT2D eigenvalue weighted by molar-refractivity contribution is 0.0446. The van der Waals surface area contributed by atoms with Crippen LogP contribution in [0.15, 0.2) is 0 Å². The Kier molecular flexibility index (Phi) is 3.89. The van der Waals surface area contributed by atoms with Crippen molar-refractivity contribution >= 4 is 5.82 Å². The van der Waals surface area contributed by atoms with Crippen LogP contribution < -0.4 is 15.0 Å². The maximum atomic E-state index is 10.4. The summed E-state index contributed by atoms with van der Waals surface area (Å²) in [5.41, 5.74) is 1.32. The first-order valence-corrected chi connectivity index (χ1v) is 8.82. The minimum atomic E-state index is -0.682. The Hall–Kier alpha value is -1.44. The third kappa shape index (κ3) is 3.08. The van der Waals surface area contributed by atoms with Gasteiger partial charge in [0, 0.05) is 37.2 Å². The zero-order valence-electron chi connectivity index (χ0n) is 14.2. The van der Waals surface area contributed by atoms with E-state index in [1.54, 1.807) is 0 Å². The number of piperidine rings is 1. The molecule has 3 aliphatic rings. The van der Waals surface area contributed by atoms with E-state index in [-0.39, 0.29) is 12.0 Å². The van der Waals surface area contributed by atoms with E-state index >= 15 is 0 Å². The molecule has 2 aliphatic heterocycles. The molecule has 1 aromatic heterocycles. The van der Waals surface area contributed by atoms with E-state index < -0.39 is 5.60 Å². The van der Waals surface area contributed by atoms with Crippen LogP contribution in [-0.2, 0) is 13.1 Å². The smallest absolute Gasteiger partial charge is 0.318 e. The fourth-order valence-electron chi connectivity index (χ4n) is 3.60. The molecular weight excluding hydrogens is 308 g/mol. The van der Waals surface area contributed by atoms with Gasteiger partial charge in [0.25, 0.3) is 0 Å². The van der Waals surface area contributed by atoms with Gasteiger partial charge in [-0.2, -0.15) is 9.97 Å². The van der Waals surface area contributed by atoms with E-state index in [1.165, 1.54) is 0 Å². The maximum Gasteiger partial charge on any atom is 0.318 e. The first kappa shape index (κ1) is 16.1. The molecule has 1 aliphatic carbocycles. The SMILES string of the molecule is CC1(O)CCCN(c2nc(OCC3(CO)CC3)nc3c2CNC3)C1. The minimum Gasteiger partial charge on any atom is -0.463 e. The Morgan fingerprint density at radius 3 is 2.79 bits per heavy atom. The van der Waals surface area contributed by atoms with E-state index in [0.717, 1.165) is 62.4 Å². The Labute approximate surface area is 142 Å². The third-order valence-corrected chi connectivity index (χ3v) is 5.42. The van der Waals surface area contributed by atoms with Crippen LogP contribution in [0.2, 0.25) is 0 Å². The van der Waals surface area contributed by atoms with E-state index in [0.29, 0.717) is 19.2 Å². The number of ether oxygens (including phenoxy) is 1. The van der Waals surface area contributed by atoms with Gasteiger partial charge >= 0.3 is 6.01 Å². The van der Waals surface area contributed by atoms with Crippen LogP contribution in [0.25, 0.3) is 0 Å². The Morgan fingerprint density at radius 2 is 2.08 bits per heavy atom. The summed E-state index contributed by atoms with van der Waals surface area (Å²) in [5.74, 6) is 0.883. The van der Waals surface area contributed by atoms with Gasteiger partial charge < -0.3 is 25.2 Å². The number of hydrogen-bond acceptors (Lipinski definition) is 7. The molecule has 1 saturated carbocycles. The number of nitrogens with one attached hydrogen (secondary N) is 1. The second kappa shape index (κ2) is 5.82. The Morgan fingerprint density at radius 1 is 1.25 bits per heavy atom. The van der Waals surface area contributed by atoms with Crippen molar-refractivity contribution in [3.63, 3.8) is 0 Å². The van der Waals surface area contributed by atoms with Crippen molar-refractivity contribution in [2.45, 2.75) is 51.3 Å². The molecule has 2 fully saturated rings. The number of nitrogens with zero attached hydrogens (tertiary/aromatic N) is 3. The Balaban J connectivity index is 1.58. The van der Waals surface area contributed by atoms with Gasteiger partial charge in [-0.05, 0) is 32.6 Å². The Bertz CT molecular complexity index is 631. The van der Waals surface area contributed by atoms with Crippen molar-refractivity contribution in [1.82, 2.24) is 15.3 Å². The van der Waals surface area contributed by atoms with E-state index in [1.807, 2.05) is 6.92 Å². The normalized spacial score (nSPS) is 27.9. The number of aromatic nitrogens is 2. The van der Waals surface area contributed by atoms with Gasteiger partial charge in [0.1, 0.15) is 5.82 Å². The zero-order valence-corrected chi connectivity index (χ0v) is 14.2. The molecule has 132 valence electrons. The zero-order chi connectivity index (χ0) is 16.8. The van der Waals surface area contributed by atoms with Gasteiger partial charge in [0.15, 0.2) is 0 Å². The third-order valence-electron chi connectivity index (χ3n) is 5.42. The standard InChI is InChI=1S/C17H26N4O3/c1-16(23)3-2-6-21(9-16)14-12-7-18-8-13(12)19-15(20-14)24-11-17(10-22)4-5-17/h18,22-23H,2-11H2,1H3. The molecule has 0 radical (unpaired) electrons. The molecule has 0 spiro atoms. The summed E-state index contributed by atoms with van der Waals surface area (Å²) >= 11 is 0. The number of anilines is 1. The van der Waals surface area contributed by atoms with E-state index in [2.05, 4.69) is 20.2 Å². The van der Waals surface area contributed by atoms with Crippen molar-refractivity contribution < 1.29 is 14.9 Å². The van der Waals surface area contributed by atoms with Crippen molar-refractivity contribution in [3.8, 4) is 6.01 Å². The summed E-state index contributed by atoms with van der Waals surface area (Å²) in [4.78, 5) is 11.4. The maximum absolute atomic E-state index is 10.4. The fraction of sp³-hybridized carbons (Fsp3) is 0.765. The molecule has 1 aromatic rings. The molecular formula is C17H26N4O3. The summed E-state index contributed by atoms with van der Waals surface area (Å²) < 4.78 is 5.83. The first-order chi connectivity index (χ1) is 11.5. The van der Waals surface area contributed by atoms with Crippen LogP contribution in [0.5, 0.6) is 6.01 Å². The van der Waals surface area contributed by atoms with Crippen LogP contribution in [0, 0.1) is 5.41 Å². The molecule has 24 heavy (non-hydrogen) atoms. The summed E-state index contributed by atoms with van der Waals surface area (Å²) in [6, 6.07) is 0.386. The quantitative estimate of drug-likeness (QED) is 0.726. The van der Waals surface area contributed by atoms with Crippen molar-refractivity contribution in [2.75, 3.05) is 31.2 Å². The van der Waals surface area contributed by atoms with Crippen molar-refractivity contribution in [2.24, 2.45) is 5.41 Å². The number of fused-ring (bicyclic) bond motifs is 1. The fourth-order valence-corrected chi connectivity index (χ4v) is 3.60. The molecule has 1 unspecified atom stereocenters. The number of aliphatic hydroxyl groups excluding tert-OH is 1. The van der Waals surface area contributed by atoms with Gasteiger partial charge in [-0.15, -0.1) is 0 Å². The molecule has 1 atom stereocenters. The lowest BCUT2D eigenvalue weighted by Gasteiger charge is -2.38. The van der Waals surface area contributed by atoms with Gasteiger partial charge in [0.2, 0.25) is 0 Å². The van der Waals surface area contributed by atoms with E-state index in [4.69, 9.17) is 4.74 Å². The first-order valence-electron chi connectivity index (χ1n) is 8.82. The predicted octanol–water partition coefficient (Wildman–Crippen LogP) is 0.582. The highest BCUT2D eigenvalue weighted by atomic mass is 16.5. The molecule has 0 aromatic carbocycles. The molecule has 7 heteroatoms. The lowest BCUT2D eigenvalue weighted by Crippen LogP contribution is -2.46. The average Bonchev–Trinajstić information content (AvgIpc) is 3.19. The molecule has 4 rings (SSSR count). The number of rotatable bonds is 5. The van der Waals surface area contributed by atoms with Crippen LogP contribution in [0.4, 0.5) is 5.82 Å². The molecule has 3 N–H and O–H groups in total. The second-order valence-electron chi connectivity index (χ2n) is 7.83. The molecule has 0 amide bonds. The molecule has 7 nitrogen and oxygen atoms in total. The topological polar surface area (TPSA) is 90.7 Å². The molecule has 0 bridgehead atoms. The predicted molar refractivity (Wildman–Crippen MR) is 88.9 cm³/mol. The summed E-state index contributed by atoms with van der Waals surface area (Å²) in [5, 5.41) is 23.2. The van der Waals surface area contributed by atoms with Crippen LogP contribution in [-0.4, -0.2) is 52.1 Å². The van der Waals surface area contributed by atoms with Gasteiger partial charge in [-0.1, -0.05) is 0 Å². The average molecular weight is 334 g/mol. The van der Waals surface area contributed by atoms with Gasteiger partial charge in [0.05, 0.1) is 24.5 Å². The van der Waals surface area contributed by atoms with Gasteiger partial charge in [-0.3, -0.25) is 0 Å². The highest BCUT2D eigenvalue weighted by Gasteiger charge is 2.43.